The molecule has 0 saturated carbocycles. The van der Waals surface area contributed by atoms with Crippen LogP contribution in [-0.4, -0.2) is 22.2 Å². The van der Waals surface area contributed by atoms with Crippen LogP contribution in [0.25, 0.3) is 0 Å². The molecule has 0 fully saturated rings. The van der Waals surface area contributed by atoms with Crippen molar-refractivity contribution in [3.8, 4) is 0 Å². The Hall–Kier alpha value is -1.66. The molecular formula is C7H10F2N4O. The number of nitrogen functional groups attached to an aromatic ring is 1. The van der Waals surface area contributed by atoms with Crippen molar-refractivity contribution in [2.24, 2.45) is 0 Å². The number of hydrogen-bond donors (Lipinski definition) is 2. The molecule has 14 heavy (non-hydrogen) atoms. The number of amides is 1. The van der Waals surface area contributed by atoms with Crippen LogP contribution in [0.5, 0.6) is 0 Å². The first-order valence-corrected chi connectivity index (χ1v) is 3.97. The fraction of sp³-hybridized carbons (Fsp3) is 0.429. The summed E-state index contributed by atoms with van der Waals surface area (Å²) in [6.45, 7) is -0.831. The Morgan fingerprint density at radius 1 is 1.79 bits per heavy atom. The Labute approximate surface area is 78.9 Å². The first kappa shape index (κ1) is 10.4. The van der Waals surface area contributed by atoms with Crippen molar-refractivity contribution in [2.75, 3.05) is 12.3 Å². The van der Waals surface area contributed by atoms with E-state index < -0.39 is 12.5 Å². The smallest absolute Gasteiger partial charge is 0.334 e. The van der Waals surface area contributed by atoms with Gasteiger partial charge in [-0.05, 0) is 6.92 Å². The monoisotopic (exact) mass is 204 g/mol. The van der Waals surface area contributed by atoms with Crippen molar-refractivity contribution < 1.29 is 13.6 Å². The highest BCUT2D eigenvalue weighted by Crippen LogP contribution is 2.15. The zero-order valence-corrected chi connectivity index (χ0v) is 7.50. The third kappa shape index (κ3) is 1.98. The van der Waals surface area contributed by atoms with Gasteiger partial charge in [0, 0.05) is 12.6 Å². The second-order valence-corrected chi connectivity index (χ2v) is 2.54. The second kappa shape index (κ2) is 4.03. The Kier molecular flexibility index (Phi) is 3.00. The van der Waals surface area contributed by atoms with E-state index in [0.29, 0.717) is 11.2 Å². The zero-order valence-electron chi connectivity index (χ0n) is 7.50. The van der Waals surface area contributed by atoms with Crippen molar-refractivity contribution in [3.05, 3.63) is 11.8 Å². The van der Waals surface area contributed by atoms with Crippen LogP contribution in [0.15, 0.2) is 6.07 Å². The molecule has 7 heteroatoms. The maximum Gasteiger partial charge on any atom is 0.334 e. The van der Waals surface area contributed by atoms with E-state index >= 15 is 0 Å². The Bertz CT molecular complexity index is 336. The topological polar surface area (TPSA) is 72.9 Å². The van der Waals surface area contributed by atoms with Crippen LogP contribution in [0.2, 0.25) is 0 Å². The fourth-order valence-electron chi connectivity index (χ4n) is 0.983. The number of carbonyl (C=O) groups excluding carboxylic acids is 1. The first-order chi connectivity index (χ1) is 6.56. The molecule has 1 rings (SSSR count). The molecule has 1 heterocycles. The van der Waals surface area contributed by atoms with Crippen molar-refractivity contribution in [1.29, 1.82) is 0 Å². The van der Waals surface area contributed by atoms with Gasteiger partial charge in [0.1, 0.15) is 11.5 Å². The second-order valence-electron chi connectivity index (χ2n) is 2.54. The predicted octanol–water partition coefficient (Wildman–Crippen LogP) is 0.610. The van der Waals surface area contributed by atoms with E-state index in [4.69, 9.17) is 5.73 Å². The molecule has 0 spiro atoms. The summed E-state index contributed by atoms with van der Waals surface area (Å²) < 4.78 is 24.9. The highest BCUT2D eigenvalue weighted by molar-refractivity contribution is 5.93. The molecule has 1 aromatic rings. The lowest BCUT2D eigenvalue weighted by Gasteiger charge is -2.04. The van der Waals surface area contributed by atoms with Gasteiger partial charge in [-0.1, -0.05) is 0 Å². The highest BCUT2D eigenvalue weighted by Gasteiger charge is 2.19. The molecule has 0 unspecified atom stereocenters. The summed E-state index contributed by atoms with van der Waals surface area (Å²) in [6, 6.07) is 1.11. The molecule has 0 bridgehead atoms. The number of anilines is 1. The third-order valence-electron chi connectivity index (χ3n) is 1.51. The highest BCUT2D eigenvalue weighted by atomic mass is 19.3. The number of aromatic nitrogens is 2. The molecule has 3 N–H and O–H groups in total. The number of alkyl halides is 2. The van der Waals surface area contributed by atoms with Crippen molar-refractivity contribution >= 4 is 11.7 Å². The van der Waals surface area contributed by atoms with Crippen LogP contribution < -0.4 is 11.1 Å². The first-order valence-electron chi connectivity index (χ1n) is 3.97. The molecule has 0 aliphatic rings. The number of rotatable bonds is 3. The Morgan fingerprint density at radius 3 is 2.93 bits per heavy atom. The summed E-state index contributed by atoms with van der Waals surface area (Å²) >= 11 is 0. The number of carbonyl (C=O) groups is 1. The zero-order chi connectivity index (χ0) is 10.7. The van der Waals surface area contributed by atoms with Crippen molar-refractivity contribution in [1.82, 2.24) is 15.1 Å². The van der Waals surface area contributed by atoms with Gasteiger partial charge in [-0.25, -0.2) is 0 Å². The molecule has 0 atom stereocenters. The van der Waals surface area contributed by atoms with Gasteiger partial charge in [0.05, 0.1) is 0 Å². The van der Waals surface area contributed by atoms with E-state index in [2.05, 4.69) is 10.4 Å². The van der Waals surface area contributed by atoms with Crippen LogP contribution in [0.3, 0.4) is 0 Å². The molecular weight excluding hydrogens is 194 g/mol. The van der Waals surface area contributed by atoms with Gasteiger partial charge in [0.2, 0.25) is 0 Å². The number of halogens is 2. The SMILES string of the molecule is CCNC(=O)c1cc(N)nn1C(F)F. The minimum atomic E-state index is -2.87. The van der Waals surface area contributed by atoms with Crippen molar-refractivity contribution in [2.45, 2.75) is 13.5 Å². The summed E-state index contributed by atoms with van der Waals surface area (Å²) in [6.07, 6.45) is 0. The van der Waals surface area contributed by atoms with Gasteiger partial charge in [0.15, 0.2) is 0 Å². The molecule has 0 radical (unpaired) electrons. The van der Waals surface area contributed by atoms with Crippen LogP contribution in [0.4, 0.5) is 14.6 Å². The minimum absolute atomic E-state index is 0.105. The molecule has 78 valence electrons. The van der Waals surface area contributed by atoms with Gasteiger partial charge in [0.25, 0.3) is 5.91 Å². The number of hydrogen-bond acceptors (Lipinski definition) is 3. The molecule has 0 aliphatic heterocycles. The molecule has 0 aliphatic carbocycles. The number of nitrogens with two attached hydrogens (primary N) is 1. The van der Waals surface area contributed by atoms with Crippen LogP contribution in [0, 0.1) is 0 Å². The van der Waals surface area contributed by atoms with Crippen molar-refractivity contribution in [3.63, 3.8) is 0 Å². The largest absolute Gasteiger partial charge is 0.382 e. The summed E-state index contributed by atoms with van der Waals surface area (Å²) in [7, 11) is 0. The maximum absolute atomic E-state index is 12.3. The van der Waals surface area contributed by atoms with Gasteiger partial charge < -0.3 is 11.1 Å². The lowest BCUT2D eigenvalue weighted by molar-refractivity contribution is 0.0512. The number of nitrogens with zero attached hydrogens (tertiary/aromatic N) is 2. The molecule has 0 aromatic carbocycles. The summed E-state index contributed by atoms with van der Waals surface area (Å²) in [5.74, 6) is -0.719. The quantitative estimate of drug-likeness (QED) is 0.757. The normalized spacial score (nSPS) is 10.6. The molecule has 0 saturated heterocycles. The van der Waals surface area contributed by atoms with E-state index in [1.807, 2.05) is 0 Å². The number of nitrogens with one attached hydrogen (secondary N) is 1. The summed E-state index contributed by atoms with van der Waals surface area (Å²) in [4.78, 5) is 11.2. The Morgan fingerprint density at radius 2 is 2.43 bits per heavy atom. The van der Waals surface area contributed by atoms with Crippen LogP contribution in [-0.2, 0) is 0 Å². The fourth-order valence-corrected chi connectivity index (χ4v) is 0.983. The lowest BCUT2D eigenvalue weighted by atomic mass is 10.4. The Balaban J connectivity index is 3.00. The van der Waals surface area contributed by atoms with Gasteiger partial charge in [-0.3, -0.25) is 4.79 Å². The van der Waals surface area contributed by atoms with Crippen LogP contribution in [0.1, 0.15) is 24.0 Å². The average Bonchev–Trinajstić information content (AvgIpc) is 2.48. The molecule has 5 nitrogen and oxygen atoms in total. The maximum atomic E-state index is 12.3. The van der Waals surface area contributed by atoms with Gasteiger partial charge in [-0.15, -0.1) is 5.10 Å². The lowest BCUT2D eigenvalue weighted by Crippen LogP contribution is -2.26. The summed E-state index contributed by atoms with van der Waals surface area (Å²) in [5.41, 5.74) is 4.97. The van der Waals surface area contributed by atoms with E-state index in [1.165, 1.54) is 0 Å². The van der Waals surface area contributed by atoms with Gasteiger partial charge in [-0.2, -0.15) is 13.5 Å². The van der Waals surface area contributed by atoms with E-state index in [-0.39, 0.29) is 11.5 Å². The van der Waals surface area contributed by atoms with E-state index in [9.17, 15) is 13.6 Å². The average molecular weight is 204 g/mol. The van der Waals surface area contributed by atoms with E-state index in [0.717, 1.165) is 6.07 Å². The third-order valence-corrected chi connectivity index (χ3v) is 1.51. The molecule has 1 amide bonds. The molecule has 1 aromatic heterocycles. The van der Waals surface area contributed by atoms with E-state index in [1.54, 1.807) is 6.92 Å². The van der Waals surface area contributed by atoms with Crippen LogP contribution >= 0.6 is 0 Å². The standard InChI is InChI=1S/C7H10F2N4O/c1-2-11-6(14)4-3-5(10)12-13(4)7(8)9/h3,7H,2H2,1H3,(H2,10,12)(H,11,14). The minimum Gasteiger partial charge on any atom is -0.382 e. The van der Waals surface area contributed by atoms with Gasteiger partial charge >= 0.3 is 6.55 Å². The summed E-state index contributed by atoms with van der Waals surface area (Å²) in [5, 5.41) is 5.68. The predicted molar refractivity (Wildman–Crippen MR) is 45.9 cm³/mol.